The van der Waals surface area contributed by atoms with Gasteiger partial charge < -0.3 is 4.74 Å². The maximum absolute atomic E-state index is 13.8. The molecule has 0 radical (unpaired) electrons. The monoisotopic (exact) mass is 329 g/mol. The molecular formula is C16H12FN3O4. The van der Waals surface area contributed by atoms with Gasteiger partial charge >= 0.3 is 0 Å². The molecule has 3 aromatic rings. The minimum absolute atomic E-state index is 0.131. The second-order valence-corrected chi connectivity index (χ2v) is 5.11. The Morgan fingerprint density at radius 2 is 2.08 bits per heavy atom. The largest absolute Gasteiger partial charge is 0.484 e. The van der Waals surface area contributed by atoms with Crippen LogP contribution in [-0.2, 0) is 6.61 Å². The lowest BCUT2D eigenvalue weighted by Crippen LogP contribution is -2.18. The molecular weight excluding hydrogens is 317 g/mol. The predicted octanol–water partition coefficient (Wildman–Crippen LogP) is 2.63. The molecule has 0 aliphatic heterocycles. The Bertz CT molecular complexity index is 1000. The molecule has 7 nitrogen and oxygen atoms in total. The number of non-ortho nitro benzene ring substituents is 1. The van der Waals surface area contributed by atoms with Crippen molar-refractivity contribution in [1.82, 2.24) is 9.38 Å². The van der Waals surface area contributed by atoms with Crippen molar-refractivity contribution in [1.29, 1.82) is 0 Å². The van der Waals surface area contributed by atoms with Gasteiger partial charge in [-0.3, -0.25) is 19.3 Å². The molecule has 2 heterocycles. The third kappa shape index (κ3) is 2.94. The summed E-state index contributed by atoms with van der Waals surface area (Å²) in [4.78, 5) is 26.3. The number of hydrogen-bond donors (Lipinski definition) is 0. The van der Waals surface area contributed by atoms with Crippen molar-refractivity contribution < 1.29 is 14.1 Å². The Morgan fingerprint density at radius 3 is 2.79 bits per heavy atom. The highest BCUT2D eigenvalue weighted by Gasteiger charge is 2.12. The zero-order valence-corrected chi connectivity index (χ0v) is 12.6. The van der Waals surface area contributed by atoms with Gasteiger partial charge in [-0.1, -0.05) is 6.07 Å². The fraction of sp³-hybridized carbons (Fsp3) is 0.125. The van der Waals surface area contributed by atoms with Gasteiger partial charge in [-0.25, -0.2) is 9.37 Å². The first-order chi connectivity index (χ1) is 11.5. The van der Waals surface area contributed by atoms with E-state index in [9.17, 15) is 19.3 Å². The van der Waals surface area contributed by atoms with Crippen LogP contribution < -0.4 is 10.3 Å². The summed E-state index contributed by atoms with van der Waals surface area (Å²) in [6, 6.07) is 9.65. The number of fused-ring (bicyclic) bond motifs is 1. The molecule has 24 heavy (non-hydrogen) atoms. The van der Waals surface area contributed by atoms with Crippen molar-refractivity contribution in [2.45, 2.75) is 13.5 Å². The molecule has 8 heteroatoms. The summed E-state index contributed by atoms with van der Waals surface area (Å²) in [6.07, 6.45) is 0. The number of nitro groups is 1. The number of nitro benzene ring substituents is 1. The van der Waals surface area contributed by atoms with E-state index in [-0.39, 0.29) is 23.6 Å². The summed E-state index contributed by atoms with van der Waals surface area (Å²) >= 11 is 0. The summed E-state index contributed by atoms with van der Waals surface area (Å²) in [5.41, 5.74) is 0.922. The van der Waals surface area contributed by atoms with E-state index in [1.165, 1.54) is 16.5 Å². The molecule has 0 atom stereocenters. The Balaban J connectivity index is 1.86. The van der Waals surface area contributed by atoms with E-state index in [0.717, 1.165) is 17.8 Å². The van der Waals surface area contributed by atoms with Crippen molar-refractivity contribution in [2.24, 2.45) is 0 Å². The second kappa shape index (κ2) is 6.07. The molecule has 0 amide bonds. The average Bonchev–Trinajstić information content (AvgIpc) is 2.53. The van der Waals surface area contributed by atoms with Crippen molar-refractivity contribution in [3.8, 4) is 5.75 Å². The lowest BCUT2D eigenvalue weighted by atomic mass is 10.3. The van der Waals surface area contributed by atoms with Crippen molar-refractivity contribution in [3.05, 3.63) is 80.1 Å². The molecule has 0 spiro atoms. The van der Waals surface area contributed by atoms with Crippen LogP contribution in [-0.4, -0.2) is 14.3 Å². The first kappa shape index (κ1) is 15.6. The third-order valence-corrected chi connectivity index (χ3v) is 3.43. The molecule has 0 saturated heterocycles. The molecule has 0 unspecified atom stereocenters. The van der Waals surface area contributed by atoms with Crippen molar-refractivity contribution in [2.75, 3.05) is 0 Å². The van der Waals surface area contributed by atoms with Gasteiger partial charge in [0.1, 0.15) is 12.3 Å². The standard InChI is InChI=1S/C16H12FN3O4/c1-10-3-2-4-15-18-11(7-16(21)19(10)15)9-24-14-6-5-12(20(22)23)8-13(14)17/h2-8H,9H2,1H3. The first-order valence-corrected chi connectivity index (χ1v) is 7.01. The normalized spacial score (nSPS) is 10.8. The van der Waals surface area contributed by atoms with Crippen LogP contribution >= 0.6 is 0 Å². The van der Waals surface area contributed by atoms with Gasteiger partial charge in [0.25, 0.3) is 11.2 Å². The van der Waals surface area contributed by atoms with E-state index in [0.29, 0.717) is 11.3 Å². The zero-order valence-electron chi connectivity index (χ0n) is 12.6. The highest BCUT2D eigenvalue weighted by molar-refractivity contribution is 5.40. The molecule has 122 valence electrons. The number of rotatable bonds is 4. The highest BCUT2D eigenvalue weighted by Crippen LogP contribution is 2.23. The van der Waals surface area contributed by atoms with E-state index >= 15 is 0 Å². The number of halogens is 1. The van der Waals surface area contributed by atoms with Crippen LogP contribution in [0.3, 0.4) is 0 Å². The van der Waals surface area contributed by atoms with Crippen LogP contribution in [0.25, 0.3) is 5.65 Å². The fourth-order valence-electron chi connectivity index (χ4n) is 2.31. The van der Waals surface area contributed by atoms with Gasteiger partial charge in [0.05, 0.1) is 16.7 Å². The minimum atomic E-state index is -0.849. The lowest BCUT2D eigenvalue weighted by Gasteiger charge is -2.08. The molecule has 2 aromatic heterocycles. The van der Waals surface area contributed by atoms with Crippen molar-refractivity contribution in [3.63, 3.8) is 0 Å². The maximum Gasteiger partial charge on any atom is 0.272 e. The smallest absolute Gasteiger partial charge is 0.272 e. The average molecular weight is 329 g/mol. The number of nitrogens with zero attached hydrogens (tertiary/aromatic N) is 3. The molecule has 0 N–H and O–H groups in total. The first-order valence-electron chi connectivity index (χ1n) is 7.01. The second-order valence-electron chi connectivity index (χ2n) is 5.11. The summed E-state index contributed by atoms with van der Waals surface area (Å²) in [5.74, 6) is -0.996. The highest BCUT2D eigenvalue weighted by atomic mass is 19.1. The zero-order chi connectivity index (χ0) is 17.3. The fourth-order valence-corrected chi connectivity index (χ4v) is 2.31. The van der Waals surface area contributed by atoms with Gasteiger partial charge in [0.2, 0.25) is 0 Å². The quantitative estimate of drug-likeness (QED) is 0.542. The molecule has 0 bridgehead atoms. The number of ether oxygens (including phenoxy) is 1. The molecule has 0 fully saturated rings. The van der Waals surface area contributed by atoms with Crippen LogP contribution in [0.4, 0.5) is 10.1 Å². The minimum Gasteiger partial charge on any atom is -0.484 e. The van der Waals surface area contributed by atoms with Crippen LogP contribution in [0, 0.1) is 22.9 Å². The molecule has 1 aromatic carbocycles. The lowest BCUT2D eigenvalue weighted by molar-refractivity contribution is -0.385. The SMILES string of the molecule is Cc1cccc2nc(COc3ccc([N+](=O)[O-])cc3F)cc(=O)n12. The van der Waals surface area contributed by atoms with Crippen LogP contribution in [0.1, 0.15) is 11.4 Å². The molecule has 0 aliphatic carbocycles. The number of pyridine rings is 1. The summed E-state index contributed by atoms with van der Waals surface area (Å²) in [5, 5.41) is 10.6. The van der Waals surface area contributed by atoms with Gasteiger partial charge in [0.15, 0.2) is 11.6 Å². The van der Waals surface area contributed by atoms with E-state index < -0.39 is 10.7 Å². The third-order valence-electron chi connectivity index (χ3n) is 3.43. The Kier molecular flexibility index (Phi) is 3.95. The Labute approximate surface area is 135 Å². The maximum atomic E-state index is 13.8. The molecule has 0 saturated carbocycles. The summed E-state index contributed by atoms with van der Waals surface area (Å²) in [6.45, 7) is 1.66. The molecule has 0 aliphatic rings. The van der Waals surface area contributed by atoms with Crippen LogP contribution in [0.5, 0.6) is 5.75 Å². The van der Waals surface area contributed by atoms with E-state index in [4.69, 9.17) is 4.74 Å². The van der Waals surface area contributed by atoms with E-state index in [1.54, 1.807) is 25.1 Å². The predicted molar refractivity (Wildman–Crippen MR) is 83.6 cm³/mol. The van der Waals surface area contributed by atoms with Crippen LogP contribution in [0.2, 0.25) is 0 Å². The number of aromatic nitrogens is 2. The summed E-state index contributed by atoms with van der Waals surface area (Å²) in [7, 11) is 0. The van der Waals surface area contributed by atoms with E-state index in [1.807, 2.05) is 0 Å². The van der Waals surface area contributed by atoms with E-state index in [2.05, 4.69) is 4.98 Å². The Hall–Kier alpha value is -3.29. The van der Waals surface area contributed by atoms with Crippen LogP contribution in [0.15, 0.2) is 47.3 Å². The van der Waals surface area contributed by atoms with Gasteiger partial charge in [-0.15, -0.1) is 0 Å². The van der Waals surface area contributed by atoms with Gasteiger partial charge in [-0.05, 0) is 25.1 Å². The number of benzene rings is 1. The molecule has 3 rings (SSSR count). The summed E-state index contributed by atoms with van der Waals surface area (Å²) < 4.78 is 20.5. The van der Waals surface area contributed by atoms with Gasteiger partial charge in [0, 0.05) is 17.8 Å². The topological polar surface area (TPSA) is 86.7 Å². The number of aryl methyl sites for hydroxylation is 1. The Morgan fingerprint density at radius 1 is 1.29 bits per heavy atom. The number of hydrogen-bond acceptors (Lipinski definition) is 5. The van der Waals surface area contributed by atoms with Crippen molar-refractivity contribution >= 4 is 11.3 Å². The van der Waals surface area contributed by atoms with Gasteiger partial charge in [-0.2, -0.15) is 0 Å².